The lowest BCUT2D eigenvalue weighted by atomic mass is 10.2. The van der Waals surface area contributed by atoms with Crippen molar-refractivity contribution in [2.75, 3.05) is 24.8 Å². The number of carbonyl (C=O) groups excluding carboxylic acids is 1. The predicted octanol–water partition coefficient (Wildman–Crippen LogP) is 3.34. The number of anilines is 1. The first-order chi connectivity index (χ1) is 12.1. The monoisotopic (exact) mass is 359 g/mol. The molecule has 0 aromatic heterocycles. The number of nitrogens with one attached hydrogen (secondary N) is 2. The van der Waals surface area contributed by atoms with Crippen LogP contribution in [-0.2, 0) is 4.74 Å². The Morgan fingerprint density at radius 2 is 1.84 bits per heavy atom. The van der Waals surface area contributed by atoms with Crippen molar-refractivity contribution in [2.45, 2.75) is 11.3 Å². The molecule has 0 aliphatic heterocycles. The van der Waals surface area contributed by atoms with Gasteiger partial charge in [0.25, 0.3) is 0 Å². The summed E-state index contributed by atoms with van der Waals surface area (Å²) in [5.74, 6) is 0.885. The van der Waals surface area contributed by atoms with Crippen molar-refractivity contribution >= 4 is 29.4 Å². The molecule has 0 aliphatic carbocycles. The second-order valence-electron chi connectivity index (χ2n) is 5.17. The van der Waals surface area contributed by atoms with Crippen LogP contribution >= 0.6 is 11.8 Å². The largest absolute Gasteiger partial charge is 0.423 e. The second kappa shape index (κ2) is 9.71. The van der Waals surface area contributed by atoms with Gasteiger partial charge in [-0.3, -0.25) is 5.41 Å². The van der Waals surface area contributed by atoms with Crippen LogP contribution in [0.4, 0.5) is 5.69 Å². The molecule has 0 atom stereocenters. The van der Waals surface area contributed by atoms with Crippen LogP contribution in [0.5, 0.6) is 5.75 Å². The van der Waals surface area contributed by atoms with E-state index in [0.29, 0.717) is 17.0 Å². The van der Waals surface area contributed by atoms with Crippen LogP contribution in [0, 0.1) is 5.41 Å². The summed E-state index contributed by atoms with van der Waals surface area (Å²) < 4.78 is 10.4. The molecule has 132 valence electrons. The number of rotatable bonds is 8. The molecule has 0 saturated carbocycles. The maximum Gasteiger partial charge on any atom is 0.343 e. The van der Waals surface area contributed by atoms with E-state index in [1.54, 1.807) is 55.3 Å². The topological polar surface area (TPSA) is 97.4 Å². The second-order valence-corrected chi connectivity index (χ2v) is 6.34. The first-order valence-corrected chi connectivity index (χ1v) is 8.72. The number of guanidine groups is 1. The van der Waals surface area contributed by atoms with E-state index < -0.39 is 5.97 Å². The van der Waals surface area contributed by atoms with E-state index in [9.17, 15) is 4.79 Å². The van der Waals surface area contributed by atoms with Gasteiger partial charge in [0.1, 0.15) is 5.75 Å². The molecular weight excluding hydrogens is 338 g/mol. The number of methoxy groups -OCH3 is 1. The molecule has 7 heteroatoms. The van der Waals surface area contributed by atoms with Crippen LogP contribution in [0.15, 0.2) is 53.4 Å². The lowest BCUT2D eigenvalue weighted by molar-refractivity contribution is 0.0734. The van der Waals surface area contributed by atoms with Crippen molar-refractivity contribution < 1.29 is 14.3 Å². The number of thioether (sulfide) groups is 1. The molecule has 0 unspecified atom stereocenters. The van der Waals surface area contributed by atoms with Crippen LogP contribution in [0.3, 0.4) is 0 Å². The molecule has 0 fully saturated rings. The van der Waals surface area contributed by atoms with E-state index >= 15 is 0 Å². The molecule has 0 bridgehead atoms. The summed E-state index contributed by atoms with van der Waals surface area (Å²) >= 11 is 1.74. The Labute approximate surface area is 151 Å². The number of ether oxygens (including phenoxy) is 2. The highest BCUT2D eigenvalue weighted by Crippen LogP contribution is 2.22. The standard InChI is InChI=1S/C18H21N3O3S/c1-23-11-2-12-25-16-9-7-15(8-10-16)24-17(22)13-3-5-14(6-4-13)21-18(19)20/h3-10H,2,11-12H2,1H3,(H4,19,20,21). The molecular formula is C18H21N3O3S. The van der Waals surface area contributed by atoms with Gasteiger partial charge in [-0.25, -0.2) is 4.79 Å². The van der Waals surface area contributed by atoms with Crippen LogP contribution in [-0.4, -0.2) is 31.4 Å². The Morgan fingerprint density at radius 3 is 2.44 bits per heavy atom. The highest BCUT2D eigenvalue weighted by Gasteiger charge is 2.09. The number of benzene rings is 2. The van der Waals surface area contributed by atoms with Crippen molar-refractivity contribution in [1.82, 2.24) is 0 Å². The normalized spacial score (nSPS) is 10.3. The fourth-order valence-electron chi connectivity index (χ4n) is 2.01. The van der Waals surface area contributed by atoms with Gasteiger partial charge in [0.2, 0.25) is 0 Å². The van der Waals surface area contributed by atoms with Crippen molar-refractivity contribution in [3.8, 4) is 5.75 Å². The van der Waals surface area contributed by atoms with Crippen molar-refractivity contribution in [3.63, 3.8) is 0 Å². The summed E-state index contributed by atoms with van der Waals surface area (Å²) in [4.78, 5) is 13.3. The summed E-state index contributed by atoms with van der Waals surface area (Å²) in [6.07, 6.45) is 0.992. The number of nitrogens with two attached hydrogens (primary N) is 1. The van der Waals surface area contributed by atoms with Gasteiger partial charge >= 0.3 is 5.97 Å². The minimum absolute atomic E-state index is 0.157. The van der Waals surface area contributed by atoms with Gasteiger partial charge < -0.3 is 20.5 Å². The first-order valence-electron chi connectivity index (χ1n) is 7.73. The molecule has 0 amide bonds. The zero-order valence-corrected chi connectivity index (χ0v) is 14.8. The van der Waals surface area contributed by atoms with Crippen LogP contribution in [0.1, 0.15) is 16.8 Å². The molecule has 0 radical (unpaired) electrons. The quantitative estimate of drug-likeness (QED) is 0.167. The summed E-state index contributed by atoms with van der Waals surface area (Å²) in [7, 11) is 1.70. The molecule has 0 heterocycles. The molecule has 2 aromatic carbocycles. The Bertz CT molecular complexity index is 703. The van der Waals surface area contributed by atoms with Crippen molar-refractivity contribution in [1.29, 1.82) is 5.41 Å². The Hall–Kier alpha value is -2.51. The summed E-state index contributed by atoms with van der Waals surface area (Å²) in [6, 6.07) is 14.0. The third-order valence-corrected chi connectivity index (χ3v) is 4.29. The third kappa shape index (κ3) is 6.48. The average Bonchev–Trinajstić information content (AvgIpc) is 2.60. The van der Waals surface area contributed by atoms with E-state index in [-0.39, 0.29) is 5.96 Å². The first kappa shape index (κ1) is 18.8. The molecule has 0 spiro atoms. The minimum Gasteiger partial charge on any atom is -0.423 e. The zero-order valence-electron chi connectivity index (χ0n) is 14.0. The molecule has 4 N–H and O–H groups in total. The number of hydrogen-bond acceptors (Lipinski definition) is 5. The number of esters is 1. The molecule has 6 nitrogen and oxygen atoms in total. The Balaban J connectivity index is 1.88. The molecule has 25 heavy (non-hydrogen) atoms. The van der Waals surface area contributed by atoms with E-state index in [2.05, 4.69) is 5.32 Å². The van der Waals surface area contributed by atoms with Gasteiger partial charge in [-0.2, -0.15) is 0 Å². The van der Waals surface area contributed by atoms with Gasteiger partial charge in [-0.1, -0.05) is 0 Å². The molecule has 2 rings (SSSR count). The van der Waals surface area contributed by atoms with Crippen LogP contribution in [0.25, 0.3) is 0 Å². The highest BCUT2D eigenvalue weighted by atomic mass is 32.2. The Morgan fingerprint density at radius 1 is 1.16 bits per heavy atom. The lowest BCUT2D eigenvalue weighted by Gasteiger charge is -2.07. The Kier molecular flexibility index (Phi) is 7.31. The van der Waals surface area contributed by atoms with Gasteiger partial charge in [-0.05, 0) is 55.0 Å². The van der Waals surface area contributed by atoms with Gasteiger partial charge in [-0.15, -0.1) is 11.8 Å². The summed E-state index contributed by atoms with van der Waals surface area (Å²) in [5, 5.41) is 9.82. The average molecular weight is 359 g/mol. The van der Waals surface area contributed by atoms with Crippen LogP contribution < -0.4 is 15.8 Å². The van der Waals surface area contributed by atoms with E-state index in [4.69, 9.17) is 20.6 Å². The van der Waals surface area contributed by atoms with Gasteiger partial charge in [0.15, 0.2) is 5.96 Å². The summed E-state index contributed by atoms with van der Waals surface area (Å²) in [6.45, 7) is 0.753. The maximum absolute atomic E-state index is 12.1. The SMILES string of the molecule is COCCCSc1ccc(OC(=O)c2ccc(NC(=N)N)cc2)cc1. The van der Waals surface area contributed by atoms with Crippen molar-refractivity contribution in [2.24, 2.45) is 5.73 Å². The lowest BCUT2D eigenvalue weighted by Crippen LogP contribution is -2.20. The fraction of sp³-hybridized carbons (Fsp3) is 0.222. The zero-order chi connectivity index (χ0) is 18.1. The number of carbonyl (C=O) groups is 1. The van der Waals surface area contributed by atoms with Crippen LogP contribution in [0.2, 0.25) is 0 Å². The molecule has 0 aliphatic rings. The van der Waals surface area contributed by atoms with Gasteiger partial charge in [0.05, 0.1) is 5.56 Å². The maximum atomic E-state index is 12.1. The smallest absolute Gasteiger partial charge is 0.343 e. The fourth-order valence-corrected chi connectivity index (χ4v) is 2.83. The third-order valence-electron chi connectivity index (χ3n) is 3.20. The van der Waals surface area contributed by atoms with E-state index in [1.807, 2.05) is 12.1 Å². The minimum atomic E-state index is -0.435. The summed E-state index contributed by atoms with van der Waals surface area (Å²) in [5.41, 5.74) is 6.32. The highest BCUT2D eigenvalue weighted by molar-refractivity contribution is 7.99. The molecule has 2 aromatic rings. The van der Waals surface area contributed by atoms with Crippen molar-refractivity contribution in [3.05, 3.63) is 54.1 Å². The molecule has 0 saturated heterocycles. The number of hydrogen-bond donors (Lipinski definition) is 3. The predicted molar refractivity (Wildman–Crippen MR) is 101 cm³/mol. The van der Waals surface area contributed by atoms with E-state index in [1.165, 1.54) is 0 Å². The van der Waals surface area contributed by atoms with E-state index in [0.717, 1.165) is 23.7 Å². The van der Waals surface area contributed by atoms with Gasteiger partial charge in [0, 0.05) is 30.1 Å².